The molecule has 23 heavy (non-hydrogen) atoms. The molecule has 3 N–H and O–H groups in total. The molecular weight excluding hydrogens is 328 g/mol. The fourth-order valence-electron chi connectivity index (χ4n) is 1.57. The zero-order valence-corrected chi connectivity index (χ0v) is 13.4. The van der Waals surface area contributed by atoms with Gasteiger partial charge in [-0.25, -0.2) is 4.79 Å². The van der Waals surface area contributed by atoms with E-state index in [-0.39, 0.29) is 22.9 Å². The van der Waals surface area contributed by atoms with Gasteiger partial charge in [-0.3, -0.25) is 9.59 Å². The maximum Gasteiger partial charge on any atom is 0.338 e. The van der Waals surface area contributed by atoms with Gasteiger partial charge >= 0.3 is 5.97 Å². The third kappa shape index (κ3) is 5.67. The first-order valence-electron chi connectivity index (χ1n) is 6.61. The van der Waals surface area contributed by atoms with E-state index in [4.69, 9.17) is 31.5 Å². The monoisotopic (exact) mass is 344 g/mol. The molecule has 0 aromatic heterocycles. The minimum atomic E-state index is -0.775. The van der Waals surface area contributed by atoms with Crippen LogP contribution in [0.4, 0.5) is 0 Å². The van der Waals surface area contributed by atoms with Crippen molar-refractivity contribution in [1.29, 1.82) is 0 Å². The molecule has 0 saturated heterocycles. The lowest BCUT2D eigenvalue weighted by molar-refractivity contribution is -0.127. The fourth-order valence-corrected chi connectivity index (χ4v) is 1.84. The molecule has 8 nitrogen and oxygen atoms in total. The summed E-state index contributed by atoms with van der Waals surface area (Å²) in [6.45, 7) is 1.26. The van der Waals surface area contributed by atoms with E-state index >= 15 is 0 Å². The second-order valence-corrected chi connectivity index (χ2v) is 4.65. The fraction of sp³-hybridized carbons (Fsp3) is 0.357. The lowest BCUT2D eigenvalue weighted by Crippen LogP contribution is -2.35. The Hall–Kier alpha value is -2.48. The molecule has 0 atom stereocenters. The Balaban J connectivity index is 2.75. The zero-order chi connectivity index (χ0) is 17.4. The van der Waals surface area contributed by atoms with Gasteiger partial charge in [0.15, 0.2) is 18.1 Å². The largest absolute Gasteiger partial charge is 0.493 e. The maximum absolute atomic E-state index is 11.9. The maximum atomic E-state index is 11.9. The van der Waals surface area contributed by atoms with Crippen LogP contribution in [0.25, 0.3) is 0 Å². The summed E-state index contributed by atoms with van der Waals surface area (Å²) in [5.41, 5.74) is 4.97. The third-order valence-corrected chi connectivity index (χ3v) is 2.83. The summed E-state index contributed by atoms with van der Waals surface area (Å²) in [6.07, 6.45) is 0. The molecule has 0 radical (unpaired) electrons. The van der Waals surface area contributed by atoms with Gasteiger partial charge in [-0.2, -0.15) is 0 Å². The standard InChI is InChI=1S/C14H17ClN2O6/c1-3-22-13-9(15)4-8(5-10(13)21-2)14(20)23-7-12(19)17-6-11(16)18/h4-5H,3,6-7H2,1-2H3,(H2,16,18)(H,17,19). The lowest BCUT2D eigenvalue weighted by atomic mass is 10.2. The number of methoxy groups -OCH3 is 1. The van der Waals surface area contributed by atoms with Gasteiger partial charge in [0.2, 0.25) is 5.91 Å². The smallest absolute Gasteiger partial charge is 0.338 e. The first-order valence-corrected chi connectivity index (χ1v) is 6.99. The molecule has 0 saturated carbocycles. The van der Waals surface area contributed by atoms with Crippen molar-refractivity contribution >= 4 is 29.4 Å². The number of halogens is 1. The van der Waals surface area contributed by atoms with Gasteiger partial charge in [0.25, 0.3) is 5.91 Å². The molecular formula is C14H17ClN2O6. The lowest BCUT2D eigenvalue weighted by Gasteiger charge is -2.12. The topological polar surface area (TPSA) is 117 Å². The first kappa shape index (κ1) is 18.6. The number of benzene rings is 1. The molecule has 1 aromatic rings. The van der Waals surface area contributed by atoms with Crippen LogP contribution in [0.2, 0.25) is 5.02 Å². The predicted molar refractivity (Wildman–Crippen MR) is 81.7 cm³/mol. The molecule has 0 aliphatic rings. The molecule has 0 heterocycles. The highest BCUT2D eigenvalue weighted by molar-refractivity contribution is 6.32. The Labute approximate surface area is 137 Å². The van der Waals surface area contributed by atoms with Crippen molar-refractivity contribution in [3.63, 3.8) is 0 Å². The SMILES string of the molecule is CCOc1c(Cl)cc(C(=O)OCC(=O)NCC(N)=O)cc1OC. The van der Waals surface area contributed by atoms with Gasteiger partial charge < -0.3 is 25.3 Å². The van der Waals surface area contributed by atoms with Gasteiger partial charge in [-0.15, -0.1) is 0 Å². The van der Waals surface area contributed by atoms with Crippen LogP contribution >= 0.6 is 11.6 Å². The average molecular weight is 345 g/mol. The number of nitrogens with two attached hydrogens (primary N) is 1. The van der Waals surface area contributed by atoms with Crippen LogP contribution in [0.5, 0.6) is 11.5 Å². The van der Waals surface area contributed by atoms with Crippen LogP contribution in [-0.4, -0.2) is 44.7 Å². The van der Waals surface area contributed by atoms with Crippen LogP contribution < -0.4 is 20.5 Å². The van der Waals surface area contributed by atoms with E-state index in [9.17, 15) is 14.4 Å². The zero-order valence-electron chi connectivity index (χ0n) is 12.7. The number of rotatable bonds is 8. The van der Waals surface area contributed by atoms with Crippen molar-refractivity contribution in [1.82, 2.24) is 5.32 Å². The number of primary amides is 1. The number of nitrogens with one attached hydrogen (secondary N) is 1. The number of ether oxygens (including phenoxy) is 3. The van der Waals surface area contributed by atoms with Crippen LogP contribution in [0.3, 0.4) is 0 Å². The predicted octanol–water partition coefficient (Wildman–Crippen LogP) is 0.506. The molecule has 1 rings (SSSR count). The summed E-state index contributed by atoms with van der Waals surface area (Å²) in [5.74, 6) is -1.55. The number of esters is 1. The van der Waals surface area contributed by atoms with Gasteiger partial charge in [0.05, 0.1) is 30.8 Å². The molecule has 0 aliphatic heterocycles. The minimum Gasteiger partial charge on any atom is -0.493 e. The number of hydrogen-bond acceptors (Lipinski definition) is 6. The Morgan fingerprint density at radius 3 is 2.57 bits per heavy atom. The summed E-state index contributed by atoms with van der Waals surface area (Å²) < 4.78 is 15.3. The Morgan fingerprint density at radius 1 is 1.30 bits per heavy atom. The van der Waals surface area contributed by atoms with E-state index in [1.54, 1.807) is 6.92 Å². The third-order valence-electron chi connectivity index (χ3n) is 2.55. The summed E-state index contributed by atoms with van der Waals surface area (Å²) in [7, 11) is 1.40. The summed E-state index contributed by atoms with van der Waals surface area (Å²) in [6, 6.07) is 2.74. The highest BCUT2D eigenvalue weighted by atomic mass is 35.5. The van der Waals surface area contributed by atoms with Crippen molar-refractivity contribution in [3.8, 4) is 11.5 Å². The van der Waals surface area contributed by atoms with Crippen molar-refractivity contribution in [3.05, 3.63) is 22.7 Å². The summed E-state index contributed by atoms with van der Waals surface area (Å²) in [4.78, 5) is 33.8. The van der Waals surface area contributed by atoms with E-state index in [1.807, 2.05) is 0 Å². The van der Waals surface area contributed by atoms with Gasteiger partial charge in [-0.1, -0.05) is 11.6 Å². The molecule has 0 spiro atoms. The highest BCUT2D eigenvalue weighted by Gasteiger charge is 2.17. The van der Waals surface area contributed by atoms with Crippen LogP contribution in [0.15, 0.2) is 12.1 Å². The number of amides is 2. The van der Waals surface area contributed by atoms with E-state index in [0.29, 0.717) is 12.4 Å². The van der Waals surface area contributed by atoms with Crippen molar-refractivity contribution in [2.75, 3.05) is 26.9 Å². The van der Waals surface area contributed by atoms with E-state index < -0.39 is 24.4 Å². The quantitative estimate of drug-likeness (QED) is 0.663. The van der Waals surface area contributed by atoms with E-state index in [0.717, 1.165) is 0 Å². The second-order valence-electron chi connectivity index (χ2n) is 4.24. The first-order chi connectivity index (χ1) is 10.9. The molecule has 2 amide bonds. The second kappa shape index (κ2) is 8.84. The molecule has 1 aromatic carbocycles. The highest BCUT2D eigenvalue weighted by Crippen LogP contribution is 2.36. The van der Waals surface area contributed by atoms with Gasteiger partial charge in [0, 0.05) is 0 Å². The summed E-state index contributed by atoms with van der Waals surface area (Å²) in [5, 5.41) is 2.36. The number of carbonyl (C=O) groups is 3. The molecule has 0 bridgehead atoms. The molecule has 0 unspecified atom stereocenters. The average Bonchev–Trinajstić information content (AvgIpc) is 2.52. The van der Waals surface area contributed by atoms with Crippen LogP contribution in [0.1, 0.15) is 17.3 Å². The Morgan fingerprint density at radius 2 is 2.00 bits per heavy atom. The van der Waals surface area contributed by atoms with Gasteiger partial charge in [0.1, 0.15) is 0 Å². The molecule has 126 valence electrons. The molecule has 0 aliphatic carbocycles. The molecule has 9 heteroatoms. The van der Waals surface area contributed by atoms with E-state index in [2.05, 4.69) is 5.32 Å². The van der Waals surface area contributed by atoms with Crippen molar-refractivity contribution < 1.29 is 28.6 Å². The number of hydrogen-bond donors (Lipinski definition) is 2. The number of carbonyl (C=O) groups excluding carboxylic acids is 3. The normalized spacial score (nSPS) is 9.87. The van der Waals surface area contributed by atoms with Crippen molar-refractivity contribution in [2.24, 2.45) is 5.73 Å². The van der Waals surface area contributed by atoms with E-state index in [1.165, 1.54) is 19.2 Å². The van der Waals surface area contributed by atoms with Crippen molar-refractivity contribution in [2.45, 2.75) is 6.92 Å². The summed E-state index contributed by atoms with van der Waals surface area (Å²) >= 11 is 6.04. The Kier molecular flexibility index (Phi) is 7.14. The van der Waals surface area contributed by atoms with Crippen LogP contribution in [-0.2, 0) is 14.3 Å². The van der Waals surface area contributed by atoms with Crippen LogP contribution in [0, 0.1) is 0 Å². The minimum absolute atomic E-state index is 0.0954. The Bertz CT molecular complexity index is 605. The molecule has 0 fully saturated rings. The van der Waals surface area contributed by atoms with Gasteiger partial charge in [-0.05, 0) is 19.1 Å².